The second kappa shape index (κ2) is 8.99. The number of nitrogens with one attached hydrogen (secondary N) is 2. The van der Waals surface area contributed by atoms with Gasteiger partial charge in [-0.25, -0.2) is 4.39 Å². The van der Waals surface area contributed by atoms with Crippen molar-refractivity contribution in [2.75, 3.05) is 5.32 Å². The molecule has 1 heterocycles. The molecular weight excluding hydrogens is 542 g/mol. The van der Waals surface area contributed by atoms with E-state index >= 15 is 0 Å². The quantitative estimate of drug-likeness (QED) is 0.354. The Kier molecular flexibility index (Phi) is 6.17. The Balaban J connectivity index is 1.59. The predicted octanol–water partition coefficient (Wildman–Crippen LogP) is 7.18. The normalized spacial score (nSPS) is 18.5. The first kappa shape index (κ1) is 23.3. The number of hydrogen-bond acceptors (Lipinski definition) is 2. The van der Waals surface area contributed by atoms with Gasteiger partial charge >= 0.3 is 0 Å². The summed E-state index contributed by atoms with van der Waals surface area (Å²) in [5.41, 5.74) is 2.03. The number of fused-ring (bicyclic) bond motifs is 1. The molecule has 2 aliphatic rings. The van der Waals surface area contributed by atoms with E-state index in [-0.39, 0.29) is 11.8 Å². The largest absolute Gasteiger partial charge is 0.341 e. The van der Waals surface area contributed by atoms with E-state index in [0.29, 0.717) is 49.7 Å². The van der Waals surface area contributed by atoms with Gasteiger partial charge in [0.15, 0.2) is 0 Å². The third kappa shape index (κ3) is 4.02. The third-order valence-electron chi connectivity index (χ3n) is 6.74. The smallest absolute Gasteiger partial charge is 0.252 e. The Hall–Kier alpha value is -2.41. The van der Waals surface area contributed by atoms with Crippen LogP contribution in [0.1, 0.15) is 58.8 Å². The lowest BCUT2D eigenvalue weighted by Gasteiger charge is -2.29. The first-order chi connectivity index (χ1) is 16.3. The Bertz CT molecular complexity index is 1320. The monoisotopic (exact) mass is 560 g/mol. The van der Waals surface area contributed by atoms with Gasteiger partial charge in [0.25, 0.3) is 5.91 Å². The van der Waals surface area contributed by atoms with Gasteiger partial charge in [-0.05, 0) is 60.9 Å². The average Bonchev–Trinajstić information content (AvgIpc) is 3.42. The predicted molar refractivity (Wildman–Crippen MR) is 135 cm³/mol. The maximum absolute atomic E-state index is 14.1. The minimum atomic E-state index is -0.720. The van der Waals surface area contributed by atoms with E-state index in [0.717, 1.165) is 18.4 Å². The van der Waals surface area contributed by atoms with Gasteiger partial charge in [0, 0.05) is 36.9 Å². The number of amides is 2. The highest BCUT2D eigenvalue weighted by Gasteiger charge is 2.44. The second-order valence-electron chi connectivity index (χ2n) is 8.74. The van der Waals surface area contributed by atoms with E-state index in [1.165, 1.54) is 18.2 Å². The zero-order valence-corrected chi connectivity index (χ0v) is 21.0. The number of carbonyl (C=O) groups is 2. The third-order valence-corrected chi connectivity index (χ3v) is 7.78. The Labute approximate surface area is 215 Å². The minimum absolute atomic E-state index is 0.156. The standard InChI is InChI=1S/C26H20BrCl2FN2O2/c27-15-11-19-22(23(32-24(19)33)18-13-17(30)6-7-20(18)29)21(12-15)31-25(34)26(8-1-2-9-26)14-4-3-5-16(28)10-14/h3-7,10-13,23H,1-2,8-9H2,(H,31,34)(H,32,33). The van der Waals surface area contributed by atoms with Crippen LogP contribution in [0.4, 0.5) is 10.1 Å². The lowest BCUT2D eigenvalue weighted by Crippen LogP contribution is -2.38. The molecule has 5 rings (SSSR count). The molecule has 1 aliphatic carbocycles. The van der Waals surface area contributed by atoms with Crippen LogP contribution in [0.15, 0.2) is 59.1 Å². The van der Waals surface area contributed by atoms with Gasteiger partial charge in [-0.3, -0.25) is 9.59 Å². The molecule has 4 nitrogen and oxygen atoms in total. The molecule has 0 spiro atoms. The van der Waals surface area contributed by atoms with Crippen LogP contribution in [0, 0.1) is 5.82 Å². The van der Waals surface area contributed by atoms with Gasteiger partial charge in [-0.15, -0.1) is 0 Å². The number of anilines is 1. The molecule has 34 heavy (non-hydrogen) atoms. The number of hydrogen-bond donors (Lipinski definition) is 2. The molecular formula is C26H20BrCl2FN2O2. The maximum atomic E-state index is 14.1. The highest BCUT2D eigenvalue weighted by atomic mass is 79.9. The summed E-state index contributed by atoms with van der Waals surface area (Å²) in [5, 5.41) is 6.88. The van der Waals surface area contributed by atoms with Crippen molar-refractivity contribution in [3.63, 3.8) is 0 Å². The van der Waals surface area contributed by atoms with E-state index in [4.69, 9.17) is 23.2 Å². The zero-order chi connectivity index (χ0) is 24.0. The van der Waals surface area contributed by atoms with Crippen molar-refractivity contribution in [1.29, 1.82) is 0 Å². The first-order valence-electron chi connectivity index (χ1n) is 11.0. The summed E-state index contributed by atoms with van der Waals surface area (Å²) >= 11 is 16.1. The van der Waals surface area contributed by atoms with Gasteiger partial charge < -0.3 is 10.6 Å². The molecule has 1 unspecified atom stereocenters. The van der Waals surface area contributed by atoms with Crippen molar-refractivity contribution >= 4 is 56.6 Å². The van der Waals surface area contributed by atoms with Crippen molar-refractivity contribution in [1.82, 2.24) is 5.32 Å². The van der Waals surface area contributed by atoms with Gasteiger partial charge in [0.2, 0.25) is 5.91 Å². The van der Waals surface area contributed by atoms with Crippen molar-refractivity contribution in [2.24, 2.45) is 0 Å². The molecule has 2 amide bonds. The molecule has 174 valence electrons. The summed E-state index contributed by atoms with van der Waals surface area (Å²) in [6.45, 7) is 0. The SMILES string of the molecule is O=C1NC(c2cc(F)ccc2Cl)c2c(NC(=O)C3(c4cccc(Cl)c4)CCCC3)cc(Br)cc21. The number of carbonyl (C=O) groups excluding carboxylic acids is 2. The second-order valence-corrected chi connectivity index (χ2v) is 10.5. The number of halogens is 4. The molecule has 8 heteroatoms. The van der Waals surface area contributed by atoms with Crippen LogP contribution < -0.4 is 10.6 Å². The van der Waals surface area contributed by atoms with E-state index in [9.17, 15) is 14.0 Å². The molecule has 2 N–H and O–H groups in total. The van der Waals surface area contributed by atoms with Crippen LogP contribution in [-0.2, 0) is 10.2 Å². The Morgan fingerprint density at radius 3 is 2.59 bits per heavy atom. The molecule has 0 saturated heterocycles. The molecule has 1 atom stereocenters. The molecule has 0 bridgehead atoms. The van der Waals surface area contributed by atoms with Crippen LogP contribution in [0.2, 0.25) is 10.0 Å². The lowest BCUT2D eigenvalue weighted by molar-refractivity contribution is -0.121. The Morgan fingerprint density at radius 2 is 1.85 bits per heavy atom. The summed E-state index contributed by atoms with van der Waals surface area (Å²) in [4.78, 5) is 26.7. The molecule has 3 aromatic rings. The van der Waals surface area contributed by atoms with Crippen molar-refractivity contribution in [3.05, 3.63) is 97.2 Å². The van der Waals surface area contributed by atoms with Crippen LogP contribution in [0.25, 0.3) is 0 Å². The fraction of sp³-hybridized carbons (Fsp3) is 0.231. The number of benzene rings is 3. The molecule has 1 fully saturated rings. The van der Waals surface area contributed by atoms with Crippen LogP contribution in [0.3, 0.4) is 0 Å². The minimum Gasteiger partial charge on any atom is -0.341 e. The summed E-state index contributed by atoms with van der Waals surface area (Å²) < 4.78 is 14.7. The van der Waals surface area contributed by atoms with Gasteiger partial charge in [0.05, 0.1) is 11.5 Å². The van der Waals surface area contributed by atoms with E-state index in [2.05, 4.69) is 26.6 Å². The topological polar surface area (TPSA) is 58.2 Å². The van der Waals surface area contributed by atoms with Gasteiger partial charge in [0.1, 0.15) is 5.82 Å². The Morgan fingerprint density at radius 1 is 1.09 bits per heavy atom. The fourth-order valence-electron chi connectivity index (χ4n) is 5.12. The summed E-state index contributed by atoms with van der Waals surface area (Å²) in [6, 6.07) is 14.2. The highest BCUT2D eigenvalue weighted by Crippen LogP contribution is 2.45. The van der Waals surface area contributed by atoms with Gasteiger partial charge in [-0.1, -0.05) is 64.1 Å². The average molecular weight is 562 g/mol. The van der Waals surface area contributed by atoms with Crippen molar-refractivity contribution < 1.29 is 14.0 Å². The van der Waals surface area contributed by atoms with E-state index in [1.807, 2.05) is 18.2 Å². The number of rotatable bonds is 4. The molecule has 1 saturated carbocycles. The molecule has 0 radical (unpaired) electrons. The van der Waals surface area contributed by atoms with Crippen molar-refractivity contribution in [2.45, 2.75) is 37.1 Å². The summed E-state index contributed by atoms with van der Waals surface area (Å²) in [7, 11) is 0. The van der Waals surface area contributed by atoms with Crippen LogP contribution in [-0.4, -0.2) is 11.8 Å². The molecule has 3 aromatic carbocycles. The van der Waals surface area contributed by atoms with Crippen molar-refractivity contribution in [3.8, 4) is 0 Å². The first-order valence-corrected chi connectivity index (χ1v) is 12.5. The van der Waals surface area contributed by atoms with E-state index < -0.39 is 17.3 Å². The lowest BCUT2D eigenvalue weighted by atomic mass is 9.78. The van der Waals surface area contributed by atoms with Gasteiger partial charge in [-0.2, -0.15) is 0 Å². The highest BCUT2D eigenvalue weighted by molar-refractivity contribution is 9.10. The molecule has 0 aromatic heterocycles. The maximum Gasteiger partial charge on any atom is 0.252 e. The summed E-state index contributed by atoms with van der Waals surface area (Å²) in [5.74, 6) is -0.936. The zero-order valence-electron chi connectivity index (χ0n) is 17.9. The van der Waals surface area contributed by atoms with Crippen LogP contribution >= 0.6 is 39.1 Å². The summed E-state index contributed by atoms with van der Waals surface area (Å²) in [6.07, 6.45) is 3.26. The molecule has 1 aliphatic heterocycles. The van der Waals surface area contributed by atoms with Crippen LogP contribution in [0.5, 0.6) is 0 Å². The van der Waals surface area contributed by atoms with E-state index in [1.54, 1.807) is 18.2 Å². The fourth-order valence-corrected chi connectivity index (χ4v) is 6.00.